The summed E-state index contributed by atoms with van der Waals surface area (Å²) < 4.78 is 44.3. The maximum absolute atomic E-state index is 12.9. The molecule has 0 bridgehead atoms. The van der Waals surface area contributed by atoms with E-state index in [1.807, 2.05) is 0 Å². The molecule has 0 aliphatic rings. The first kappa shape index (κ1) is 15.4. The second kappa shape index (κ2) is 5.40. The van der Waals surface area contributed by atoms with Gasteiger partial charge in [-0.3, -0.25) is 9.59 Å². The number of hydrogen-bond acceptors (Lipinski definition) is 3. The molecule has 21 heavy (non-hydrogen) atoms. The third kappa shape index (κ3) is 3.02. The molecule has 8 heteroatoms. The van der Waals surface area contributed by atoms with Gasteiger partial charge in [-0.05, 0) is 12.1 Å². The quantitative estimate of drug-likeness (QED) is 0.800. The number of halogens is 4. The number of nitrogens with zero attached hydrogens (tertiary/aromatic N) is 1. The number of hydrogen-bond donors (Lipinski definition) is 0. The fourth-order valence-electron chi connectivity index (χ4n) is 1.88. The Morgan fingerprint density at radius 3 is 2.62 bits per heavy atom. The molecule has 0 spiro atoms. The van der Waals surface area contributed by atoms with E-state index in [4.69, 9.17) is 11.6 Å². The number of benzene rings is 1. The highest BCUT2D eigenvalue weighted by Gasteiger charge is 2.34. The predicted molar refractivity (Wildman–Crippen MR) is 70.2 cm³/mol. The summed E-state index contributed by atoms with van der Waals surface area (Å²) in [6, 6.07) is 2.85. The third-order valence-corrected chi connectivity index (χ3v) is 3.21. The first-order valence-electron chi connectivity index (χ1n) is 5.70. The summed E-state index contributed by atoms with van der Waals surface area (Å²) in [7, 11) is 1.16. The fourth-order valence-corrected chi connectivity index (χ4v) is 2.15. The minimum absolute atomic E-state index is 0.000553. The number of carbonyl (C=O) groups excluding carboxylic acids is 1. The number of pyridine rings is 1. The summed E-state index contributed by atoms with van der Waals surface area (Å²) in [6.07, 6.45) is -3.43. The molecule has 1 aromatic carbocycles. The molecular weight excluding hydrogens is 311 g/mol. The van der Waals surface area contributed by atoms with Crippen molar-refractivity contribution in [1.29, 1.82) is 0 Å². The van der Waals surface area contributed by atoms with E-state index in [0.717, 1.165) is 25.3 Å². The maximum atomic E-state index is 12.9. The van der Waals surface area contributed by atoms with E-state index in [2.05, 4.69) is 4.74 Å². The van der Waals surface area contributed by atoms with Gasteiger partial charge in [0.2, 0.25) is 0 Å². The number of carbonyl (C=O) groups is 1. The number of fused-ring (bicyclic) bond motifs is 1. The minimum atomic E-state index is -4.66. The SMILES string of the molecule is COC(=O)Cn1ccc(=O)c2cc(Cl)c(C(F)(F)F)cc21. The number of ether oxygens (including phenoxy) is 1. The fraction of sp³-hybridized carbons (Fsp3) is 0.231. The van der Waals surface area contributed by atoms with Gasteiger partial charge in [-0.25, -0.2) is 0 Å². The van der Waals surface area contributed by atoms with Gasteiger partial charge >= 0.3 is 12.1 Å². The van der Waals surface area contributed by atoms with Gasteiger partial charge in [-0.15, -0.1) is 0 Å². The third-order valence-electron chi connectivity index (χ3n) is 2.90. The molecule has 0 aliphatic carbocycles. The van der Waals surface area contributed by atoms with Gasteiger partial charge in [0.1, 0.15) is 6.54 Å². The Kier molecular flexibility index (Phi) is 3.95. The van der Waals surface area contributed by atoms with E-state index in [0.29, 0.717) is 0 Å². The van der Waals surface area contributed by atoms with Crippen LogP contribution in [0.3, 0.4) is 0 Å². The Labute approximate surface area is 121 Å². The first-order valence-corrected chi connectivity index (χ1v) is 6.08. The molecule has 4 nitrogen and oxygen atoms in total. The van der Waals surface area contributed by atoms with Crippen LogP contribution in [0.1, 0.15) is 5.56 Å². The van der Waals surface area contributed by atoms with Gasteiger partial charge in [0.15, 0.2) is 5.43 Å². The Balaban J connectivity index is 2.75. The van der Waals surface area contributed by atoms with Crippen LogP contribution in [0.5, 0.6) is 0 Å². The average molecular weight is 320 g/mol. The zero-order valence-corrected chi connectivity index (χ0v) is 11.5. The summed E-state index contributed by atoms with van der Waals surface area (Å²) in [5.74, 6) is -0.650. The number of alkyl halides is 3. The Morgan fingerprint density at radius 1 is 1.38 bits per heavy atom. The van der Waals surface area contributed by atoms with Crippen molar-refractivity contribution in [3.8, 4) is 0 Å². The van der Waals surface area contributed by atoms with E-state index in [-0.39, 0.29) is 17.4 Å². The number of aromatic nitrogens is 1. The van der Waals surface area contributed by atoms with Crippen LogP contribution in [-0.2, 0) is 22.3 Å². The Morgan fingerprint density at radius 2 is 2.05 bits per heavy atom. The van der Waals surface area contributed by atoms with E-state index in [9.17, 15) is 22.8 Å². The van der Waals surface area contributed by atoms with Crippen LogP contribution in [0, 0.1) is 0 Å². The number of esters is 1. The molecule has 2 rings (SSSR count). The van der Waals surface area contributed by atoms with Crippen LogP contribution < -0.4 is 5.43 Å². The normalized spacial score (nSPS) is 11.7. The summed E-state index contributed by atoms with van der Waals surface area (Å²) in [5.41, 5.74) is -1.59. The van der Waals surface area contributed by atoms with Gasteiger partial charge < -0.3 is 9.30 Å². The lowest BCUT2D eigenvalue weighted by Gasteiger charge is -2.14. The van der Waals surface area contributed by atoms with Crippen molar-refractivity contribution in [2.24, 2.45) is 0 Å². The molecule has 0 aliphatic heterocycles. The molecule has 0 N–H and O–H groups in total. The highest BCUT2D eigenvalue weighted by atomic mass is 35.5. The molecule has 0 saturated carbocycles. The number of rotatable bonds is 2. The summed E-state index contributed by atoms with van der Waals surface area (Å²) in [4.78, 5) is 23.0. The average Bonchev–Trinajstić information content (AvgIpc) is 2.40. The van der Waals surface area contributed by atoms with Crippen LogP contribution in [-0.4, -0.2) is 17.6 Å². The second-order valence-electron chi connectivity index (χ2n) is 4.23. The molecule has 1 aromatic heterocycles. The lowest BCUT2D eigenvalue weighted by Crippen LogP contribution is -2.16. The van der Waals surface area contributed by atoms with Crippen molar-refractivity contribution in [2.75, 3.05) is 7.11 Å². The van der Waals surface area contributed by atoms with E-state index in [1.54, 1.807) is 0 Å². The molecule has 1 heterocycles. The zero-order valence-electron chi connectivity index (χ0n) is 10.7. The zero-order chi connectivity index (χ0) is 15.8. The van der Waals surface area contributed by atoms with Gasteiger partial charge in [0, 0.05) is 17.6 Å². The highest BCUT2D eigenvalue weighted by molar-refractivity contribution is 6.32. The van der Waals surface area contributed by atoms with Crippen molar-refractivity contribution in [3.05, 3.63) is 45.2 Å². The van der Waals surface area contributed by atoms with Crippen LogP contribution in [0.4, 0.5) is 13.2 Å². The number of methoxy groups -OCH3 is 1. The van der Waals surface area contributed by atoms with Crippen molar-refractivity contribution >= 4 is 28.5 Å². The molecular formula is C13H9ClF3NO3. The monoisotopic (exact) mass is 319 g/mol. The molecule has 112 valence electrons. The van der Waals surface area contributed by atoms with Crippen molar-refractivity contribution in [2.45, 2.75) is 12.7 Å². The first-order chi connectivity index (χ1) is 9.74. The highest BCUT2D eigenvalue weighted by Crippen LogP contribution is 2.36. The smallest absolute Gasteiger partial charge is 0.417 e. The molecule has 0 radical (unpaired) electrons. The maximum Gasteiger partial charge on any atom is 0.417 e. The van der Waals surface area contributed by atoms with E-state index < -0.39 is 28.2 Å². The van der Waals surface area contributed by atoms with Gasteiger partial charge in [-0.1, -0.05) is 11.6 Å². The predicted octanol–water partition coefficient (Wildman–Crippen LogP) is 2.85. The molecule has 0 amide bonds. The molecule has 0 unspecified atom stereocenters. The molecule has 0 fully saturated rings. The van der Waals surface area contributed by atoms with Gasteiger partial charge in [0.25, 0.3) is 0 Å². The van der Waals surface area contributed by atoms with Crippen LogP contribution in [0.2, 0.25) is 5.02 Å². The Bertz CT molecular complexity index is 768. The summed E-state index contributed by atoms with van der Waals surface area (Å²) >= 11 is 5.59. The van der Waals surface area contributed by atoms with Crippen LogP contribution >= 0.6 is 11.6 Å². The van der Waals surface area contributed by atoms with E-state index in [1.165, 1.54) is 10.8 Å². The van der Waals surface area contributed by atoms with Crippen LogP contribution in [0.25, 0.3) is 10.9 Å². The molecule has 0 saturated heterocycles. The lowest BCUT2D eigenvalue weighted by atomic mass is 10.1. The van der Waals surface area contributed by atoms with E-state index >= 15 is 0 Å². The molecule has 0 atom stereocenters. The topological polar surface area (TPSA) is 48.3 Å². The van der Waals surface area contributed by atoms with Crippen LogP contribution in [0.15, 0.2) is 29.2 Å². The summed E-state index contributed by atoms with van der Waals surface area (Å²) in [6.45, 7) is -0.313. The van der Waals surface area contributed by atoms with Gasteiger partial charge in [0.05, 0.1) is 23.2 Å². The standard InChI is InChI=1S/C13H9ClF3NO3/c1-21-12(20)6-18-3-2-11(19)7-4-9(14)8(5-10(7)18)13(15,16)17/h2-5H,6H2,1H3. The van der Waals surface area contributed by atoms with Crippen molar-refractivity contribution in [1.82, 2.24) is 4.57 Å². The van der Waals surface area contributed by atoms with Gasteiger partial charge in [-0.2, -0.15) is 13.2 Å². The lowest BCUT2D eigenvalue weighted by molar-refractivity contribution is -0.141. The second-order valence-corrected chi connectivity index (χ2v) is 4.64. The van der Waals surface area contributed by atoms with Crippen molar-refractivity contribution < 1.29 is 22.7 Å². The summed E-state index contributed by atoms with van der Waals surface area (Å²) in [5, 5.41) is -0.567. The molecule has 2 aromatic rings. The minimum Gasteiger partial charge on any atom is -0.468 e. The Hall–Kier alpha value is -2.02. The van der Waals surface area contributed by atoms with Crippen molar-refractivity contribution in [3.63, 3.8) is 0 Å². The largest absolute Gasteiger partial charge is 0.468 e.